The van der Waals surface area contributed by atoms with Crippen LogP contribution in [-0.2, 0) is 16.0 Å². The topological polar surface area (TPSA) is 32.8 Å². The predicted molar refractivity (Wildman–Crippen MR) is 116 cm³/mol. The molecule has 1 aromatic rings. The van der Waals surface area contributed by atoms with E-state index < -0.39 is 29.2 Å². The number of fused-ring (bicyclic) bond motifs is 1. The first-order valence-corrected chi connectivity index (χ1v) is 10.7. The van der Waals surface area contributed by atoms with Gasteiger partial charge in [0.05, 0.1) is 17.5 Å². The number of hydrogen-bond donors (Lipinski definition) is 0. The standard InChI is InChI=1S/C22H25Cl2F3N2O2/c1-21(2,3)31-19(30)11-13-8-9-14-18(10-13)29(28(4)20(14)22(25,26)27)12-15-16(23)6-5-7-17(15)24/h5-10,15-16,20H,11-12H2,1-4H3. The Morgan fingerprint density at radius 1 is 1.23 bits per heavy atom. The van der Waals surface area contributed by atoms with Crippen LogP contribution in [0.5, 0.6) is 0 Å². The van der Waals surface area contributed by atoms with Crippen LogP contribution in [0.1, 0.15) is 37.9 Å². The molecule has 9 heteroatoms. The highest BCUT2D eigenvalue weighted by Crippen LogP contribution is 2.48. The summed E-state index contributed by atoms with van der Waals surface area (Å²) >= 11 is 12.7. The minimum Gasteiger partial charge on any atom is -0.460 e. The lowest BCUT2D eigenvalue weighted by molar-refractivity contribution is -0.180. The second-order valence-corrected chi connectivity index (χ2v) is 9.68. The molecule has 3 atom stereocenters. The molecule has 0 fully saturated rings. The number of ether oxygens (including phenoxy) is 1. The fraction of sp³-hybridized carbons (Fsp3) is 0.500. The molecule has 0 bridgehead atoms. The van der Waals surface area contributed by atoms with Gasteiger partial charge in [-0.2, -0.15) is 13.2 Å². The quantitative estimate of drug-likeness (QED) is 0.408. The molecule has 0 saturated heterocycles. The summed E-state index contributed by atoms with van der Waals surface area (Å²) in [6.45, 7) is 5.45. The smallest absolute Gasteiger partial charge is 0.409 e. The number of hydrogen-bond acceptors (Lipinski definition) is 4. The third-order valence-corrected chi connectivity index (χ3v) is 6.02. The van der Waals surface area contributed by atoms with Gasteiger partial charge >= 0.3 is 12.1 Å². The zero-order chi connectivity index (χ0) is 23.1. The van der Waals surface area contributed by atoms with Gasteiger partial charge in [0.1, 0.15) is 5.60 Å². The zero-order valence-corrected chi connectivity index (χ0v) is 19.2. The zero-order valence-electron chi connectivity index (χ0n) is 17.7. The highest BCUT2D eigenvalue weighted by atomic mass is 35.5. The lowest BCUT2D eigenvalue weighted by atomic mass is 9.98. The third-order valence-electron chi connectivity index (χ3n) is 5.16. The summed E-state index contributed by atoms with van der Waals surface area (Å²) in [6.07, 6.45) is 0.675. The van der Waals surface area contributed by atoms with Crippen molar-refractivity contribution in [2.45, 2.75) is 50.4 Å². The summed E-state index contributed by atoms with van der Waals surface area (Å²) in [5.74, 6) is -0.813. The number of anilines is 1. The van der Waals surface area contributed by atoms with E-state index in [1.807, 2.05) is 0 Å². The van der Waals surface area contributed by atoms with Crippen molar-refractivity contribution < 1.29 is 22.7 Å². The fourth-order valence-corrected chi connectivity index (χ4v) is 4.50. The summed E-state index contributed by atoms with van der Waals surface area (Å²) < 4.78 is 47.0. The lowest BCUT2D eigenvalue weighted by Gasteiger charge is -2.35. The number of nitrogens with zero attached hydrogens (tertiary/aromatic N) is 2. The van der Waals surface area contributed by atoms with Gasteiger partial charge in [-0.15, -0.1) is 11.6 Å². The summed E-state index contributed by atoms with van der Waals surface area (Å²) in [7, 11) is 1.39. The van der Waals surface area contributed by atoms with Crippen molar-refractivity contribution in [3.05, 3.63) is 52.6 Å². The molecular weight excluding hydrogens is 452 g/mol. The second-order valence-electron chi connectivity index (χ2n) is 8.74. The Balaban J connectivity index is 1.94. The Kier molecular flexibility index (Phi) is 6.71. The van der Waals surface area contributed by atoms with Crippen molar-refractivity contribution >= 4 is 34.9 Å². The molecule has 1 heterocycles. The van der Waals surface area contributed by atoms with Crippen LogP contribution in [0.3, 0.4) is 0 Å². The summed E-state index contributed by atoms with van der Waals surface area (Å²) in [5, 5.41) is 2.75. The van der Waals surface area contributed by atoms with Crippen LogP contribution in [0.4, 0.5) is 18.9 Å². The SMILES string of the molecule is CN1C(C(F)(F)F)c2ccc(CC(=O)OC(C)(C)C)cc2N1CC1C(Cl)=CC=CC1Cl. The molecule has 3 rings (SSSR count). The van der Waals surface area contributed by atoms with Gasteiger partial charge in [0, 0.05) is 30.1 Å². The molecule has 0 N–H and O–H groups in total. The molecule has 0 amide bonds. The first-order valence-electron chi connectivity index (χ1n) is 9.87. The maximum atomic E-state index is 13.9. The monoisotopic (exact) mass is 476 g/mol. The van der Waals surface area contributed by atoms with Crippen LogP contribution in [-0.4, -0.2) is 41.7 Å². The summed E-state index contributed by atoms with van der Waals surface area (Å²) in [5.41, 5.74) is 0.435. The van der Waals surface area contributed by atoms with E-state index in [4.69, 9.17) is 27.9 Å². The van der Waals surface area contributed by atoms with E-state index in [2.05, 4.69) is 0 Å². The molecule has 0 spiro atoms. The van der Waals surface area contributed by atoms with E-state index >= 15 is 0 Å². The molecule has 3 unspecified atom stereocenters. The molecule has 1 aromatic carbocycles. The fourth-order valence-electron chi connectivity index (χ4n) is 3.86. The van der Waals surface area contributed by atoms with Crippen molar-refractivity contribution in [2.24, 2.45) is 5.92 Å². The van der Waals surface area contributed by atoms with E-state index in [1.165, 1.54) is 13.1 Å². The molecule has 1 aliphatic carbocycles. The van der Waals surface area contributed by atoms with Crippen LogP contribution in [0, 0.1) is 5.92 Å². The van der Waals surface area contributed by atoms with Gasteiger partial charge in [0.15, 0.2) is 6.04 Å². The molecular formula is C22H25Cl2F3N2O2. The van der Waals surface area contributed by atoms with Crippen LogP contribution >= 0.6 is 23.2 Å². The Morgan fingerprint density at radius 3 is 2.48 bits per heavy atom. The van der Waals surface area contributed by atoms with Crippen molar-refractivity contribution in [2.75, 3.05) is 18.6 Å². The number of alkyl halides is 4. The summed E-state index contributed by atoms with van der Waals surface area (Å²) in [6, 6.07) is 2.79. The molecule has 0 radical (unpaired) electrons. The number of halogens is 5. The first-order chi connectivity index (χ1) is 14.3. The first kappa shape index (κ1) is 24.0. The molecule has 0 saturated carbocycles. The molecule has 4 nitrogen and oxygen atoms in total. The Labute approximate surface area is 190 Å². The van der Waals surface area contributed by atoms with Crippen LogP contribution in [0.2, 0.25) is 0 Å². The number of hydrazine groups is 1. The number of esters is 1. The van der Waals surface area contributed by atoms with Gasteiger partial charge in [-0.25, -0.2) is 5.01 Å². The Morgan fingerprint density at radius 2 is 1.90 bits per heavy atom. The average molecular weight is 477 g/mol. The third kappa shape index (κ3) is 5.38. The molecule has 31 heavy (non-hydrogen) atoms. The van der Waals surface area contributed by atoms with Gasteiger partial charge in [0.2, 0.25) is 0 Å². The van der Waals surface area contributed by atoms with Gasteiger partial charge in [-0.05, 0) is 38.5 Å². The van der Waals surface area contributed by atoms with Crippen molar-refractivity contribution in [3.63, 3.8) is 0 Å². The normalized spacial score (nSPS) is 24.2. The van der Waals surface area contributed by atoms with Crippen molar-refractivity contribution in [1.82, 2.24) is 5.01 Å². The highest BCUT2D eigenvalue weighted by Gasteiger charge is 2.51. The number of allylic oxidation sites excluding steroid dienone is 3. The van der Waals surface area contributed by atoms with Crippen LogP contribution < -0.4 is 5.01 Å². The summed E-state index contributed by atoms with van der Waals surface area (Å²) in [4.78, 5) is 12.2. The van der Waals surface area contributed by atoms with E-state index in [9.17, 15) is 18.0 Å². The van der Waals surface area contributed by atoms with E-state index in [0.29, 0.717) is 16.3 Å². The molecule has 0 aromatic heterocycles. The molecule has 1 aliphatic heterocycles. The Hall–Kier alpha value is -1.70. The highest BCUT2D eigenvalue weighted by molar-refractivity contribution is 6.31. The van der Waals surface area contributed by atoms with Crippen molar-refractivity contribution in [3.8, 4) is 0 Å². The molecule has 170 valence electrons. The second kappa shape index (κ2) is 8.68. The van der Waals surface area contributed by atoms with Gasteiger partial charge in [0.25, 0.3) is 0 Å². The van der Waals surface area contributed by atoms with Crippen LogP contribution in [0.15, 0.2) is 41.5 Å². The van der Waals surface area contributed by atoms with E-state index in [0.717, 1.165) is 5.01 Å². The number of carbonyl (C=O) groups excluding carboxylic acids is 1. The number of benzene rings is 1. The maximum Gasteiger partial charge on any atom is 0.409 e. The van der Waals surface area contributed by atoms with Gasteiger partial charge in [-0.1, -0.05) is 35.9 Å². The Bertz CT molecular complexity index is 909. The van der Waals surface area contributed by atoms with Crippen molar-refractivity contribution in [1.29, 1.82) is 0 Å². The average Bonchev–Trinajstić information content (AvgIpc) is 2.87. The van der Waals surface area contributed by atoms with Crippen LogP contribution in [0.25, 0.3) is 0 Å². The largest absolute Gasteiger partial charge is 0.460 e. The van der Waals surface area contributed by atoms with Gasteiger partial charge < -0.3 is 9.75 Å². The van der Waals surface area contributed by atoms with E-state index in [1.54, 1.807) is 56.1 Å². The van der Waals surface area contributed by atoms with Gasteiger partial charge in [-0.3, -0.25) is 4.79 Å². The number of rotatable bonds is 4. The number of carbonyl (C=O) groups is 1. The minimum atomic E-state index is -4.47. The maximum absolute atomic E-state index is 13.9. The predicted octanol–water partition coefficient (Wildman–Crippen LogP) is 5.76. The molecule has 2 aliphatic rings. The lowest BCUT2D eigenvalue weighted by Crippen LogP contribution is -2.45. The minimum absolute atomic E-state index is 0.0380. The van der Waals surface area contributed by atoms with E-state index in [-0.39, 0.29) is 24.4 Å².